The highest BCUT2D eigenvalue weighted by molar-refractivity contribution is 5.94. The summed E-state index contributed by atoms with van der Waals surface area (Å²) in [6.45, 7) is 0.118. The first-order chi connectivity index (χ1) is 18.4. The van der Waals surface area contributed by atoms with E-state index in [0.29, 0.717) is 12.8 Å². The van der Waals surface area contributed by atoms with Crippen LogP contribution in [0, 0.1) is 0 Å². The summed E-state index contributed by atoms with van der Waals surface area (Å²) in [5, 5.41) is 12.3. The number of hydrogen-bond donors (Lipinski definition) is 1. The summed E-state index contributed by atoms with van der Waals surface area (Å²) in [4.78, 5) is 28.0. The minimum atomic E-state index is -4.97. The number of alkyl halides is 6. The molecule has 1 aromatic carbocycles. The molecule has 0 spiro atoms. The largest absolute Gasteiger partial charge is 0.451 e. The van der Waals surface area contributed by atoms with Crippen molar-refractivity contribution in [3.8, 4) is 11.6 Å². The number of aromatic nitrogens is 5. The van der Waals surface area contributed by atoms with Crippen LogP contribution in [0.15, 0.2) is 29.1 Å². The van der Waals surface area contributed by atoms with Gasteiger partial charge in [0.15, 0.2) is 11.4 Å². The molecule has 2 aliphatic rings. The van der Waals surface area contributed by atoms with Crippen LogP contribution in [-0.2, 0) is 25.4 Å². The molecule has 5 rings (SSSR count). The molecule has 1 fully saturated rings. The number of amides is 1. The number of halogens is 6. The lowest BCUT2D eigenvalue weighted by Crippen LogP contribution is -2.39. The highest BCUT2D eigenvalue weighted by Gasteiger charge is 2.42. The molecule has 0 aliphatic carbocycles. The number of nitrogens with zero attached hydrogens (tertiary/aromatic N) is 6. The van der Waals surface area contributed by atoms with Gasteiger partial charge in [-0.25, -0.2) is 5.10 Å². The number of hydrogen-bond acceptors (Lipinski definition) is 7. The molecule has 1 saturated heterocycles. The Morgan fingerprint density at radius 3 is 2.38 bits per heavy atom. The number of piperidine rings is 1. The molecular formula is C23H21F6N7O3. The minimum Gasteiger partial charge on any atom is -0.436 e. The van der Waals surface area contributed by atoms with Gasteiger partial charge in [0, 0.05) is 31.7 Å². The third-order valence-electron chi connectivity index (χ3n) is 6.47. The molecule has 0 bridgehead atoms. The van der Waals surface area contributed by atoms with E-state index in [-0.39, 0.29) is 49.9 Å². The molecule has 0 unspecified atom stereocenters. The Kier molecular flexibility index (Phi) is 6.72. The Hall–Kier alpha value is -4.11. The maximum absolute atomic E-state index is 13.9. The highest BCUT2D eigenvalue weighted by atomic mass is 19.4. The van der Waals surface area contributed by atoms with Crippen LogP contribution in [0.1, 0.15) is 46.8 Å². The number of benzene rings is 1. The van der Waals surface area contributed by atoms with Crippen LogP contribution in [-0.4, -0.2) is 55.4 Å². The van der Waals surface area contributed by atoms with Crippen molar-refractivity contribution in [2.45, 2.75) is 44.7 Å². The first-order valence-corrected chi connectivity index (χ1v) is 11.9. The number of aromatic amines is 1. The molecule has 39 heavy (non-hydrogen) atoms. The lowest BCUT2D eigenvalue weighted by molar-refractivity contribution is -0.148. The Bertz CT molecular complexity index is 1440. The van der Waals surface area contributed by atoms with Gasteiger partial charge in [0.1, 0.15) is 11.4 Å². The van der Waals surface area contributed by atoms with Crippen molar-refractivity contribution < 1.29 is 35.9 Å². The second-order valence-electron chi connectivity index (χ2n) is 9.07. The number of fused-ring (bicyclic) bond motifs is 1. The molecule has 1 amide bonds. The second kappa shape index (κ2) is 9.89. The third-order valence-corrected chi connectivity index (χ3v) is 6.47. The fraction of sp³-hybridized carbons (Fsp3) is 0.435. The summed E-state index contributed by atoms with van der Waals surface area (Å²) >= 11 is 0. The van der Waals surface area contributed by atoms with Crippen LogP contribution in [0.3, 0.4) is 0 Å². The third kappa shape index (κ3) is 5.27. The first kappa shape index (κ1) is 26.5. The number of rotatable bonds is 4. The average molecular weight is 557 g/mol. The highest BCUT2D eigenvalue weighted by Crippen LogP contribution is 2.41. The van der Waals surface area contributed by atoms with Crippen molar-refractivity contribution in [3.05, 3.63) is 57.4 Å². The molecule has 0 atom stereocenters. The van der Waals surface area contributed by atoms with E-state index >= 15 is 0 Å². The van der Waals surface area contributed by atoms with Gasteiger partial charge < -0.3 is 19.1 Å². The smallest absolute Gasteiger partial charge is 0.436 e. The Morgan fingerprint density at radius 1 is 0.949 bits per heavy atom. The summed E-state index contributed by atoms with van der Waals surface area (Å²) in [6.07, 6.45) is -7.57. The van der Waals surface area contributed by atoms with E-state index < -0.39 is 46.8 Å². The molecule has 16 heteroatoms. The van der Waals surface area contributed by atoms with Crippen molar-refractivity contribution >= 4 is 11.6 Å². The van der Waals surface area contributed by atoms with Crippen molar-refractivity contribution in [2.75, 3.05) is 24.5 Å². The summed E-state index contributed by atoms with van der Waals surface area (Å²) in [6, 6.07) is 5.55. The first-order valence-electron chi connectivity index (χ1n) is 11.9. The quantitative estimate of drug-likeness (QED) is 0.486. The normalized spacial score (nSPS) is 16.3. The fourth-order valence-electron chi connectivity index (χ4n) is 4.70. The van der Waals surface area contributed by atoms with E-state index in [1.807, 2.05) is 5.10 Å². The number of carbonyl (C=O) groups is 1. The van der Waals surface area contributed by atoms with Crippen molar-refractivity contribution in [3.63, 3.8) is 0 Å². The summed E-state index contributed by atoms with van der Waals surface area (Å²) in [5.74, 6) is -2.22. The monoisotopic (exact) mass is 557 g/mol. The lowest BCUT2D eigenvalue weighted by atomic mass is 10.1. The summed E-state index contributed by atoms with van der Waals surface area (Å²) < 4.78 is 87.5. The minimum absolute atomic E-state index is 0.0219. The summed E-state index contributed by atoms with van der Waals surface area (Å²) in [7, 11) is 0. The van der Waals surface area contributed by atoms with Crippen LogP contribution in [0.25, 0.3) is 0 Å². The zero-order valence-corrected chi connectivity index (χ0v) is 20.1. The molecule has 0 radical (unpaired) electrons. The molecule has 1 N–H and O–H groups in total. The van der Waals surface area contributed by atoms with Crippen molar-refractivity contribution in [2.24, 2.45) is 0 Å². The number of carbonyl (C=O) groups excluding carboxylic acids is 1. The molecule has 208 valence electrons. The summed E-state index contributed by atoms with van der Waals surface area (Å²) in [5.41, 5.74) is -3.21. The zero-order valence-electron chi connectivity index (χ0n) is 20.1. The van der Waals surface area contributed by atoms with Gasteiger partial charge >= 0.3 is 12.4 Å². The van der Waals surface area contributed by atoms with Gasteiger partial charge in [-0.15, -0.1) is 15.3 Å². The molecular weight excluding hydrogens is 536 g/mol. The molecule has 2 aromatic heterocycles. The number of ether oxygens (including phenoxy) is 1. The molecule has 10 nitrogen and oxygen atoms in total. The van der Waals surface area contributed by atoms with Crippen molar-refractivity contribution in [1.29, 1.82) is 0 Å². The molecule has 3 aromatic rings. The Labute approximate surface area is 216 Å². The zero-order chi connectivity index (χ0) is 27.9. The van der Waals surface area contributed by atoms with Crippen LogP contribution in [0.4, 0.5) is 32.0 Å². The lowest BCUT2D eigenvalue weighted by Gasteiger charge is -2.31. The van der Waals surface area contributed by atoms with Crippen LogP contribution in [0.5, 0.6) is 11.6 Å². The van der Waals surface area contributed by atoms with E-state index in [1.165, 1.54) is 34.1 Å². The average Bonchev–Trinajstić information content (AvgIpc) is 3.33. The van der Waals surface area contributed by atoms with E-state index in [0.717, 1.165) is 11.0 Å². The predicted molar refractivity (Wildman–Crippen MR) is 122 cm³/mol. The number of anilines is 1. The van der Waals surface area contributed by atoms with Crippen LogP contribution < -0.4 is 15.2 Å². The number of nitrogens with one attached hydrogen (secondary N) is 1. The van der Waals surface area contributed by atoms with Gasteiger partial charge in [0.25, 0.3) is 17.3 Å². The topological polar surface area (TPSA) is 109 Å². The van der Waals surface area contributed by atoms with Gasteiger partial charge in [-0.1, -0.05) is 6.07 Å². The predicted octanol–water partition coefficient (Wildman–Crippen LogP) is 3.84. The molecule has 2 aliphatic heterocycles. The second-order valence-corrected chi connectivity index (χ2v) is 9.07. The maximum atomic E-state index is 13.9. The van der Waals surface area contributed by atoms with Gasteiger partial charge in [-0.05, 0) is 37.5 Å². The van der Waals surface area contributed by atoms with Gasteiger partial charge in [0.05, 0.1) is 6.54 Å². The van der Waals surface area contributed by atoms with Gasteiger partial charge in [-0.2, -0.15) is 26.3 Å². The maximum Gasteiger partial charge on any atom is 0.451 e. The van der Waals surface area contributed by atoms with E-state index in [2.05, 4.69) is 15.3 Å². The fourth-order valence-corrected chi connectivity index (χ4v) is 4.70. The van der Waals surface area contributed by atoms with Crippen LogP contribution >= 0.6 is 0 Å². The van der Waals surface area contributed by atoms with E-state index in [9.17, 15) is 35.9 Å². The van der Waals surface area contributed by atoms with E-state index in [1.54, 1.807) is 0 Å². The van der Waals surface area contributed by atoms with Crippen molar-refractivity contribution in [1.82, 2.24) is 29.9 Å². The SMILES string of the molecule is O=C(c1cccc(Oc2n[nH]c(=O)c(C(F)(F)F)c2N2CCCCC2)c1)N1CCn2c(nnc2C(F)(F)F)C1. The van der Waals surface area contributed by atoms with Gasteiger partial charge in [0.2, 0.25) is 5.82 Å². The Morgan fingerprint density at radius 2 is 1.69 bits per heavy atom. The molecule has 4 heterocycles. The number of H-pyrrole nitrogens is 1. The molecule has 0 saturated carbocycles. The Balaban J connectivity index is 1.42. The van der Waals surface area contributed by atoms with Crippen LogP contribution in [0.2, 0.25) is 0 Å². The van der Waals surface area contributed by atoms with E-state index in [4.69, 9.17) is 4.74 Å². The van der Waals surface area contributed by atoms with Gasteiger partial charge in [-0.3, -0.25) is 9.59 Å². The standard InChI is InChI=1S/C23H21F6N7O3/c24-22(25,26)16-17(34-7-2-1-3-8-34)19(32-31-18(16)37)39-14-6-4-5-13(11-14)20(38)35-9-10-36-15(12-35)30-33-21(36)23(27,28)29/h4-6,11H,1-3,7-10,12H2,(H,31,37).